The monoisotopic (exact) mass is 378 g/mol. The number of methoxy groups -OCH3 is 1. The number of guanidine groups is 1. The van der Waals surface area contributed by atoms with Crippen molar-refractivity contribution < 1.29 is 13.9 Å². The maximum absolute atomic E-state index is 13.1. The number of carbonyl (C=O) groups excluding carboxylic acids is 1. The molecule has 28 heavy (non-hydrogen) atoms. The molecule has 2 aromatic carbocycles. The average Bonchev–Trinajstić information content (AvgIpc) is 2.74. The van der Waals surface area contributed by atoms with Crippen LogP contribution < -0.4 is 15.4 Å². The van der Waals surface area contributed by atoms with E-state index in [0.717, 1.165) is 5.56 Å². The van der Waals surface area contributed by atoms with Gasteiger partial charge in [-0.1, -0.05) is 12.1 Å². The Labute approximate surface area is 162 Å². The number of ether oxygens (including phenoxy) is 1. The molecule has 0 saturated carbocycles. The smallest absolute Gasteiger partial charge is 0.258 e. The quantitative estimate of drug-likeness (QED) is 0.525. The maximum Gasteiger partial charge on any atom is 0.258 e. The highest BCUT2D eigenvalue weighted by molar-refractivity contribution is 6.10. The summed E-state index contributed by atoms with van der Waals surface area (Å²) in [6.07, 6.45) is 3.37. The lowest BCUT2D eigenvalue weighted by atomic mass is 10.2. The number of halogens is 1. The first-order valence-electron chi connectivity index (χ1n) is 8.55. The van der Waals surface area contributed by atoms with Gasteiger partial charge in [0.2, 0.25) is 5.96 Å². The summed E-state index contributed by atoms with van der Waals surface area (Å²) in [4.78, 5) is 21.1. The third-order valence-electron chi connectivity index (χ3n) is 3.81. The number of hydrogen-bond acceptors (Lipinski definition) is 4. The molecule has 0 radical (unpaired) electrons. The zero-order chi connectivity index (χ0) is 19.8. The fraction of sp³-hybridized carbons (Fsp3) is 0.0952. The van der Waals surface area contributed by atoms with Crippen molar-refractivity contribution in [3.05, 3.63) is 90.0 Å². The van der Waals surface area contributed by atoms with Crippen molar-refractivity contribution in [3.63, 3.8) is 0 Å². The summed E-state index contributed by atoms with van der Waals surface area (Å²) >= 11 is 0. The van der Waals surface area contributed by atoms with Crippen LogP contribution in [0.3, 0.4) is 0 Å². The van der Waals surface area contributed by atoms with Crippen molar-refractivity contribution in [2.24, 2.45) is 4.99 Å². The number of anilines is 1. The summed E-state index contributed by atoms with van der Waals surface area (Å²) in [7, 11) is 1.54. The number of nitrogens with one attached hydrogen (secondary N) is 2. The Morgan fingerprint density at radius 1 is 1.14 bits per heavy atom. The van der Waals surface area contributed by atoms with Crippen molar-refractivity contribution in [2.75, 3.05) is 12.4 Å². The molecule has 3 aromatic rings. The first kappa shape index (κ1) is 19.0. The largest absolute Gasteiger partial charge is 0.497 e. The number of aromatic nitrogens is 1. The standard InChI is InChI=1S/C21H19FN4O2/c1-28-19-6-2-5-16(12-19)20(27)26-21(24-14-15-4-3-11-23-13-15)25-18-9-7-17(22)8-10-18/h2-13H,14H2,1H3,(H2,24,25,26,27). The van der Waals surface area contributed by atoms with E-state index in [1.807, 2.05) is 12.1 Å². The van der Waals surface area contributed by atoms with Crippen LogP contribution in [0.1, 0.15) is 15.9 Å². The molecule has 0 aliphatic rings. The minimum Gasteiger partial charge on any atom is -0.497 e. The van der Waals surface area contributed by atoms with Crippen LogP contribution in [0.4, 0.5) is 10.1 Å². The minimum atomic E-state index is -0.349. The van der Waals surface area contributed by atoms with Gasteiger partial charge in [0.15, 0.2) is 0 Å². The lowest BCUT2D eigenvalue weighted by Gasteiger charge is -2.12. The van der Waals surface area contributed by atoms with Crippen LogP contribution >= 0.6 is 0 Å². The Kier molecular flexibility index (Phi) is 6.30. The molecule has 142 valence electrons. The van der Waals surface area contributed by atoms with E-state index in [0.29, 0.717) is 23.5 Å². The van der Waals surface area contributed by atoms with Crippen LogP contribution in [0, 0.1) is 5.82 Å². The van der Waals surface area contributed by atoms with Gasteiger partial charge in [0.25, 0.3) is 5.91 Å². The van der Waals surface area contributed by atoms with E-state index in [-0.39, 0.29) is 17.7 Å². The highest BCUT2D eigenvalue weighted by atomic mass is 19.1. The number of carbonyl (C=O) groups is 1. The minimum absolute atomic E-state index is 0.239. The van der Waals surface area contributed by atoms with Crippen LogP contribution in [0.2, 0.25) is 0 Å². The highest BCUT2D eigenvalue weighted by Gasteiger charge is 2.10. The fourth-order valence-electron chi connectivity index (χ4n) is 2.39. The van der Waals surface area contributed by atoms with E-state index in [4.69, 9.17) is 4.74 Å². The van der Waals surface area contributed by atoms with Crippen molar-refractivity contribution in [3.8, 4) is 5.75 Å². The lowest BCUT2D eigenvalue weighted by Crippen LogP contribution is -2.36. The molecular formula is C21H19FN4O2. The van der Waals surface area contributed by atoms with Crippen LogP contribution in [-0.2, 0) is 6.54 Å². The molecule has 0 aliphatic heterocycles. The van der Waals surface area contributed by atoms with Crippen molar-refractivity contribution in [1.29, 1.82) is 0 Å². The molecule has 0 bridgehead atoms. The number of hydrogen-bond donors (Lipinski definition) is 2. The molecule has 1 heterocycles. The molecule has 6 nitrogen and oxygen atoms in total. The normalized spacial score (nSPS) is 11.0. The number of nitrogens with zero attached hydrogens (tertiary/aromatic N) is 2. The van der Waals surface area contributed by atoms with E-state index in [1.165, 1.54) is 19.2 Å². The molecule has 1 amide bonds. The van der Waals surface area contributed by atoms with Gasteiger partial charge in [0.1, 0.15) is 11.6 Å². The number of rotatable bonds is 5. The van der Waals surface area contributed by atoms with E-state index < -0.39 is 0 Å². The second kappa shape index (κ2) is 9.27. The van der Waals surface area contributed by atoms with Gasteiger partial charge in [-0.15, -0.1) is 0 Å². The van der Waals surface area contributed by atoms with E-state index >= 15 is 0 Å². The Bertz CT molecular complexity index is 960. The molecule has 2 N–H and O–H groups in total. The predicted molar refractivity (Wildman–Crippen MR) is 106 cm³/mol. The van der Waals surface area contributed by atoms with Crippen LogP contribution in [0.5, 0.6) is 5.75 Å². The third kappa shape index (κ3) is 5.38. The molecule has 1 aromatic heterocycles. The summed E-state index contributed by atoms with van der Waals surface area (Å²) < 4.78 is 18.3. The first-order valence-corrected chi connectivity index (χ1v) is 8.55. The number of pyridine rings is 1. The number of aliphatic imine (C=N–C) groups is 1. The van der Waals surface area contributed by atoms with E-state index in [1.54, 1.807) is 48.8 Å². The molecular weight excluding hydrogens is 359 g/mol. The average molecular weight is 378 g/mol. The van der Waals surface area contributed by atoms with E-state index in [9.17, 15) is 9.18 Å². The lowest BCUT2D eigenvalue weighted by molar-refractivity contribution is 0.0976. The Morgan fingerprint density at radius 2 is 1.96 bits per heavy atom. The van der Waals surface area contributed by atoms with Crippen LogP contribution in [0.15, 0.2) is 78.0 Å². The summed E-state index contributed by atoms with van der Waals surface area (Å²) in [6.45, 7) is 0.315. The topological polar surface area (TPSA) is 75.6 Å². The van der Waals surface area contributed by atoms with Gasteiger partial charge in [0.05, 0.1) is 13.7 Å². The summed E-state index contributed by atoms with van der Waals surface area (Å²) in [5, 5.41) is 5.75. The highest BCUT2D eigenvalue weighted by Crippen LogP contribution is 2.13. The van der Waals surface area contributed by atoms with Gasteiger partial charge in [-0.05, 0) is 54.1 Å². The second-order valence-electron chi connectivity index (χ2n) is 5.84. The van der Waals surface area contributed by atoms with Gasteiger partial charge < -0.3 is 10.1 Å². The second-order valence-corrected chi connectivity index (χ2v) is 5.84. The fourth-order valence-corrected chi connectivity index (χ4v) is 2.39. The molecule has 0 unspecified atom stereocenters. The van der Waals surface area contributed by atoms with Gasteiger partial charge in [-0.3, -0.25) is 15.1 Å². The Hall–Kier alpha value is -3.74. The predicted octanol–water partition coefficient (Wildman–Crippen LogP) is 3.63. The summed E-state index contributed by atoms with van der Waals surface area (Å²) in [6, 6.07) is 16.3. The maximum atomic E-state index is 13.1. The van der Waals surface area contributed by atoms with Gasteiger partial charge in [-0.2, -0.15) is 0 Å². The van der Waals surface area contributed by atoms with Gasteiger partial charge >= 0.3 is 0 Å². The van der Waals surface area contributed by atoms with E-state index in [2.05, 4.69) is 20.6 Å². The summed E-state index contributed by atoms with van der Waals surface area (Å²) in [5.74, 6) is 0.120. The van der Waals surface area contributed by atoms with Gasteiger partial charge in [0, 0.05) is 23.6 Å². The Morgan fingerprint density at radius 3 is 2.68 bits per heavy atom. The molecule has 0 fully saturated rings. The van der Waals surface area contributed by atoms with Gasteiger partial charge in [-0.25, -0.2) is 9.38 Å². The zero-order valence-electron chi connectivity index (χ0n) is 15.2. The van der Waals surface area contributed by atoms with Crippen LogP contribution in [-0.4, -0.2) is 24.0 Å². The number of amides is 1. The molecule has 3 rings (SSSR count). The Balaban J connectivity index is 1.79. The molecule has 0 atom stereocenters. The van der Waals surface area contributed by atoms with Crippen molar-refractivity contribution >= 4 is 17.6 Å². The summed E-state index contributed by atoms with van der Waals surface area (Å²) in [5.41, 5.74) is 1.91. The third-order valence-corrected chi connectivity index (χ3v) is 3.81. The zero-order valence-corrected chi connectivity index (χ0v) is 15.2. The van der Waals surface area contributed by atoms with Crippen molar-refractivity contribution in [2.45, 2.75) is 6.54 Å². The molecule has 0 saturated heterocycles. The molecule has 0 spiro atoms. The first-order chi connectivity index (χ1) is 13.6. The SMILES string of the molecule is COc1cccc(C(=O)NC(=NCc2cccnc2)Nc2ccc(F)cc2)c1. The number of benzene rings is 2. The molecule has 7 heteroatoms. The molecule has 0 aliphatic carbocycles. The van der Waals surface area contributed by atoms with Crippen LogP contribution in [0.25, 0.3) is 0 Å². The van der Waals surface area contributed by atoms with Crippen molar-refractivity contribution in [1.82, 2.24) is 10.3 Å².